The number of nitrogens with one attached hydrogen (secondary N) is 1. The summed E-state index contributed by atoms with van der Waals surface area (Å²) in [5, 5.41) is 11.3. The molecule has 0 aromatic carbocycles. The summed E-state index contributed by atoms with van der Waals surface area (Å²) in [6, 6.07) is -0.826. The van der Waals surface area contributed by atoms with Gasteiger partial charge in [0.1, 0.15) is 6.04 Å². The second-order valence-corrected chi connectivity index (χ2v) is 3.42. The lowest BCUT2D eigenvalue weighted by molar-refractivity contribution is -0.142. The summed E-state index contributed by atoms with van der Waals surface area (Å²) in [5.74, 6) is -1.27. The van der Waals surface area contributed by atoms with Gasteiger partial charge in [0.2, 0.25) is 5.91 Å². The number of ether oxygens (including phenoxy) is 1. The maximum atomic E-state index is 11.3. The van der Waals surface area contributed by atoms with Crippen LogP contribution in [-0.2, 0) is 14.3 Å². The maximum Gasteiger partial charge on any atom is 0.326 e. The van der Waals surface area contributed by atoms with Gasteiger partial charge in [0.25, 0.3) is 0 Å². The van der Waals surface area contributed by atoms with E-state index >= 15 is 0 Å². The highest BCUT2D eigenvalue weighted by molar-refractivity contribution is 5.83. The number of carbonyl (C=O) groups excluding carboxylic acids is 1. The summed E-state index contributed by atoms with van der Waals surface area (Å²) < 4.78 is 4.80. The topological polar surface area (TPSA) is 75.6 Å². The van der Waals surface area contributed by atoms with Crippen molar-refractivity contribution in [3.05, 3.63) is 12.7 Å². The second kappa shape index (κ2) is 8.91. The van der Waals surface area contributed by atoms with E-state index in [1.165, 1.54) is 0 Å². The maximum absolute atomic E-state index is 11.3. The molecular formula is C11H19NO4. The van der Waals surface area contributed by atoms with Crippen LogP contribution < -0.4 is 5.32 Å². The van der Waals surface area contributed by atoms with E-state index in [1.54, 1.807) is 13.2 Å². The van der Waals surface area contributed by atoms with Crippen LogP contribution in [0.1, 0.15) is 25.7 Å². The minimum atomic E-state index is -1.01. The number of methoxy groups -OCH3 is 1. The molecular weight excluding hydrogens is 210 g/mol. The Kier molecular flexibility index (Phi) is 8.15. The van der Waals surface area contributed by atoms with E-state index in [2.05, 4.69) is 11.9 Å². The number of hydrogen-bond donors (Lipinski definition) is 2. The molecule has 0 heterocycles. The van der Waals surface area contributed by atoms with Crippen molar-refractivity contribution in [3.63, 3.8) is 0 Å². The van der Waals surface area contributed by atoms with Crippen molar-refractivity contribution in [2.45, 2.75) is 31.7 Å². The fraction of sp³-hybridized carbons (Fsp3) is 0.636. The fourth-order valence-corrected chi connectivity index (χ4v) is 1.19. The molecule has 92 valence electrons. The molecule has 1 atom stereocenters. The molecule has 0 spiro atoms. The first-order chi connectivity index (χ1) is 7.61. The van der Waals surface area contributed by atoms with E-state index in [-0.39, 0.29) is 12.3 Å². The van der Waals surface area contributed by atoms with Crippen molar-refractivity contribution in [3.8, 4) is 0 Å². The van der Waals surface area contributed by atoms with Crippen molar-refractivity contribution in [2.75, 3.05) is 13.7 Å². The third-order valence-corrected chi connectivity index (χ3v) is 2.05. The van der Waals surface area contributed by atoms with Gasteiger partial charge in [-0.1, -0.05) is 6.08 Å². The first kappa shape index (κ1) is 14.6. The average Bonchev–Trinajstić information content (AvgIpc) is 2.24. The Morgan fingerprint density at radius 1 is 1.56 bits per heavy atom. The lowest BCUT2D eigenvalue weighted by Crippen LogP contribution is -2.40. The van der Waals surface area contributed by atoms with E-state index in [1.807, 2.05) is 0 Å². The molecule has 0 saturated carbocycles. The van der Waals surface area contributed by atoms with Crippen LogP contribution in [0.3, 0.4) is 0 Å². The zero-order chi connectivity index (χ0) is 12.4. The zero-order valence-corrected chi connectivity index (χ0v) is 9.57. The molecule has 5 heteroatoms. The Hall–Kier alpha value is -1.36. The van der Waals surface area contributed by atoms with Crippen LogP contribution >= 0.6 is 0 Å². The number of rotatable bonds is 9. The SMILES string of the molecule is C=CCCC(NC(=O)CCCOC)C(=O)O. The molecule has 16 heavy (non-hydrogen) atoms. The second-order valence-electron chi connectivity index (χ2n) is 3.42. The van der Waals surface area contributed by atoms with Gasteiger partial charge < -0.3 is 15.2 Å². The van der Waals surface area contributed by atoms with Crippen molar-refractivity contribution in [1.29, 1.82) is 0 Å². The molecule has 0 rings (SSSR count). The molecule has 0 aromatic rings. The van der Waals surface area contributed by atoms with E-state index in [4.69, 9.17) is 9.84 Å². The molecule has 0 aliphatic rings. The van der Waals surface area contributed by atoms with Crippen molar-refractivity contribution in [1.82, 2.24) is 5.32 Å². The number of allylic oxidation sites excluding steroid dienone is 1. The smallest absolute Gasteiger partial charge is 0.326 e. The Balaban J connectivity index is 3.93. The van der Waals surface area contributed by atoms with Gasteiger partial charge in [-0.3, -0.25) is 4.79 Å². The van der Waals surface area contributed by atoms with Crippen LogP contribution in [0, 0.1) is 0 Å². The van der Waals surface area contributed by atoms with Gasteiger partial charge in [0.15, 0.2) is 0 Å². The van der Waals surface area contributed by atoms with E-state index in [9.17, 15) is 9.59 Å². The van der Waals surface area contributed by atoms with E-state index in [0.717, 1.165) is 0 Å². The molecule has 5 nitrogen and oxygen atoms in total. The molecule has 0 aliphatic heterocycles. The predicted octanol–water partition coefficient (Wildman–Crippen LogP) is 0.949. The van der Waals surface area contributed by atoms with Gasteiger partial charge in [0.05, 0.1) is 0 Å². The molecule has 0 saturated heterocycles. The van der Waals surface area contributed by atoms with Crippen LogP contribution in [-0.4, -0.2) is 36.7 Å². The van der Waals surface area contributed by atoms with Crippen LogP contribution in [0.15, 0.2) is 12.7 Å². The van der Waals surface area contributed by atoms with Crippen molar-refractivity contribution < 1.29 is 19.4 Å². The van der Waals surface area contributed by atoms with Gasteiger partial charge in [-0.15, -0.1) is 6.58 Å². The van der Waals surface area contributed by atoms with Crippen LogP contribution in [0.4, 0.5) is 0 Å². The predicted molar refractivity (Wildman–Crippen MR) is 60.1 cm³/mol. The molecule has 0 fully saturated rings. The number of amides is 1. The first-order valence-corrected chi connectivity index (χ1v) is 5.23. The van der Waals surface area contributed by atoms with Crippen molar-refractivity contribution >= 4 is 11.9 Å². The van der Waals surface area contributed by atoms with Gasteiger partial charge in [-0.2, -0.15) is 0 Å². The molecule has 0 bridgehead atoms. The average molecular weight is 229 g/mol. The molecule has 1 unspecified atom stereocenters. The Morgan fingerprint density at radius 3 is 2.75 bits per heavy atom. The molecule has 0 aliphatic carbocycles. The lowest BCUT2D eigenvalue weighted by Gasteiger charge is -2.13. The van der Waals surface area contributed by atoms with Crippen LogP contribution in [0.5, 0.6) is 0 Å². The van der Waals surface area contributed by atoms with Crippen LogP contribution in [0.25, 0.3) is 0 Å². The monoisotopic (exact) mass is 229 g/mol. The number of carbonyl (C=O) groups is 2. The molecule has 0 radical (unpaired) electrons. The number of hydrogen-bond acceptors (Lipinski definition) is 3. The number of carboxylic acid groups (broad SMARTS) is 1. The number of carboxylic acids is 1. The van der Waals surface area contributed by atoms with Gasteiger partial charge in [-0.25, -0.2) is 4.79 Å². The summed E-state index contributed by atoms with van der Waals surface area (Å²) in [5.41, 5.74) is 0. The summed E-state index contributed by atoms with van der Waals surface area (Å²) in [4.78, 5) is 22.1. The van der Waals surface area contributed by atoms with Crippen LogP contribution in [0.2, 0.25) is 0 Å². The third-order valence-electron chi connectivity index (χ3n) is 2.05. The van der Waals surface area contributed by atoms with Gasteiger partial charge in [-0.05, 0) is 19.3 Å². The Morgan fingerprint density at radius 2 is 2.25 bits per heavy atom. The fourth-order valence-electron chi connectivity index (χ4n) is 1.19. The minimum Gasteiger partial charge on any atom is -0.480 e. The lowest BCUT2D eigenvalue weighted by atomic mass is 10.1. The molecule has 2 N–H and O–H groups in total. The molecule has 1 amide bonds. The normalized spacial score (nSPS) is 11.8. The Bertz CT molecular complexity index is 240. The summed E-state index contributed by atoms with van der Waals surface area (Å²) >= 11 is 0. The first-order valence-electron chi connectivity index (χ1n) is 5.23. The van der Waals surface area contributed by atoms with Crippen molar-refractivity contribution in [2.24, 2.45) is 0 Å². The van der Waals surface area contributed by atoms with Gasteiger partial charge >= 0.3 is 5.97 Å². The summed E-state index contributed by atoms with van der Waals surface area (Å²) in [6.07, 6.45) is 3.44. The highest BCUT2D eigenvalue weighted by atomic mass is 16.5. The highest BCUT2D eigenvalue weighted by Gasteiger charge is 2.18. The molecule has 0 aromatic heterocycles. The van der Waals surface area contributed by atoms with E-state index in [0.29, 0.717) is 25.9 Å². The van der Waals surface area contributed by atoms with E-state index < -0.39 is 12.0 Å². The highest BCUT2D eigenvalue weighted by Crippen LogP contribution is 2.00. The standard InChI is InChI=1S/C11H19NO4/c1-3-4-6-9(11(14)15)12-10(13)7-5-8-16-2/h3,9H,1,4-8H2,2H3,(H,12,13)(H,14,15). The third kappa shape index (κ3) is 7.00. The summed E-state index contributed by atoms with van der Waals surface area (Å²) in [6.45, 7) is 4.01. The zero-order valence-electron chi connectivity index (χ0n) is 9.57. The number of aliphatic carboxylic acids is 1. The summed E-state index contributed by atoms with van der Waals surface area (Å²) in [7, 11) is 1.56. The quantitative estimate of drug-likeness (QED) is 0.456. The van der Waals surface area contributed by atoms with Gasteiger partial charge in [0, 0.05) is 20.1 Å². The minimum absolute atomic E-state index is 0.256. The largest absolute Gasteiger partial charge is 0.480 e. The Labute approximate surface area is 95.5 Å².